The molecule has 0 radical (unpaired) electrons. The van der Waals surface area contributed by atoms with Crippen molar-refractivity contribution in [3.63, 3.8) is 0 Å². The molecule has 0 amide bonds. The standard InChI is InChI=1S/C74H140O6/c1-4-7-10-13-16-19-22-25-28-31-33-34-35-36-37-38-39-40-41-42-44-46-49-52-55-58-61-64-67-73(76)79-70-71(69-78-72(75)66-63-60-57-54-51-48-45-30-27-24-21-18-15-12-9-6-3)80-74(77)68-65-62-59-56-53-50-47-43-32-29-26-23-20-17-14-11-8-5-2/h20,23,29,32,71H,4-19,21-22,24-28,30-31,33-70H2,1-3H3/b23-20-,32-29-. The lowest BCUT2D eigenvalue weighted by Crippen LogP contribution is -2.30. The van der Waals surface area contributed by atoms with Crippen LogP contribution in [0.25, 0.3) is 0 Å². The molecule has 472 valence electrons. The van der Waals surface area contributed by atoms with Gasteiger partial charge in [0.15, 0.2) is 6.10 Å². The van der Waals surface area contributed by atoms with Crippen LogP contribution >= 0.6 is 0 Å². The van der Waals surface area contributed by atoms with E-state index in [2.05, 4.69) is 45.1 Å². The summed E-state index contributed by atoms with van der Waals surface area (Å²) in [5, 5.41) is 0. The Bertz CT molecular complexity index is 1290. The van der Waals surface area contributed by atoms with E-state index < -0.39 is 6.10 Å². The Balaban J connectivity index is 4.21. The van der Waals surface area contributed by atoms with Gasteiger partial charge < -0.3 is 14.2 Å². The summed E-state index contributed by atoms with van der Waals surface area (Å²) < 4.78 is 17.0. The molecule has 0 aromatic heterocycles. The molecule has 80 heavy (non-hydrogen) atoms. The van der Waals surface area contributed by atoms with Crippen LogP contribution in [-0.4, -0.2) is 37.2 Å². The van der Waals surface area contributed by atoms with Crippen LogP contribution in [0, 0.1) is 0 Å². The number of ether oxygens (including phenoxy) is 3. The van der Waals surface area contributed by atoms with Crippen LogP contribution in [0.2, 0.25) is 0 Å². The topological polar surface area (TPSA) is 78.9 Å². The monoisotopic (exact) mass is 1130 g/mol. The molecule has 1 unspecified atom stereocenters. The van der Waals surface area contributed by atoms with Crippen molar-refractivity contribution in [1.29, 1.82) is 0 Å². The van der Waals surface area contributed by atoms with E-state index in [1.54, 1.807) is 0 Å². The summed E-state index contributed by atoms with van der Waals surface area (Å²) in [6.45, 7) is 6.71. The lowest BCUT2D eigenvalue weighted by Gasteiger charge is -2.18. The fourth-order valence-corrected chi connectivity index (χ4v) is 11.2. The zero-order chi connectivity index (χ0) is 57.8. The smallest absolute Gasteiger partial charge is 0.306 e. The zero-order valence-corrected chi connectivity index (χ0v) is 54.4. The van der Waals surface area contributed by atoms with Gasteiger partial charge in [0.1, 0.15) is 13.2 Å². The molecule has 0 aromatic rings. The van der Waals surface area contributed by atoms with Crippen LogP contribution in [0.15, 0.2) is 24.3 Å². The number of carbonyl (C=O) groups excluding carboxylic acids is 3. The lowest BCUT2D eigenvalue weighted by atomic mass is 10.0. The van der Waals surface area contributed by atoms with E-state index in [1.807, 2.05) is 0 Å². The summed E-state index contributed by atoms with van der Waals surface area (Å²) in [5.41, 5.74) is 0. The van der Waals surface area contributed by atoms with Gasteiger partial charge >= 0.3 is 17.9 Å². The SMILES string of the molecule is CCCCCC/C=C\C/C=C\CCCCCCCCCC(=O)OC(COC(=O)CCCCCCCCCCCCCCCCCC)COC(=O)CCCCCCCCCCCCCCCCCCCCCCCCCCCCCC. The zero-order valence-electron chi connectivity index (χ0n) is 54.4. The van der Waals surface area contributed by atoms with Gasteiger partial charge in [-0.1, -0.05) is 366 Å². The van der Waals surface area contributed by atoms with Crippen LogP contribution in [0.5, 0.6) is 0 Å². The van der Waals surface area contributed by atoms with Crippen molar-refractivity contribution < 1.29 is 28.6 Å². The molecule has 6 heteroatoms. The first-order valence-electron chi connectivity index (χ1n) is 36.3. The second-order valence-corrected chi connectivity index (χ2v) is 24.9. The molecule has 0 aliphatic carbocycles. The van der Waals surface area contributed by atoms with E-state index in [0.717, 1.165) is 70.6 Å². The maximum Gasteiger partial charge on any atom is 0.306 e. The van der Waals surface area contributed by atoms with Gasteiger partial charge in [0.05, 0.1) is 0 Å². The molecule has 0 saturated heterocycles. The number of hydrogen-bond donors (Lipinski definition) is 0. The maximum atomic E-state index is 12.9. The van der Waals surface area contributed by atoms with E-state index >= 15 is 0 Å². The van der Waals surface area contributed by atoms with Gasteiger partial charge in [0, 0.05) is 19.3 Å². The summed E-state index contributed by atoms with van der Waals surface area (Å²) >= 11 is 0. The number of hydrogen-bond acceptors (Lipinski definition) is 6. The lowest BCUT2D eigenvalue weighted by molar-refractivity contribution is -0.167. The third-order valence-corrected chi connectivity index (χ3v) is 16.7. The molecule has 0 rings (SSSR count). The van der Waals surface area contributed by atoms with Crippen molar-refractivity contribution in [3.8, 4) is 0 Å². The van der Waals surface area contributed by atoms with Crippen LogP contribution in [-0.2, 0) is 28.6 Å². The van der Waals surface area contributed by atoms with Crippen LogP contribution in [0.4, 0.5) is 0 Å². The van der Waals surface area contributed by atoms with Crippen molar-refractivity contribution in [2.24, 2.45) is 0 Å². The highest BCUT2D eigenvalue weighted by Gasteiger charge is 2.19. The predicted octanol–water partition coefficient (Wildman–Crippen LogP) is 25.0. The van der Waals surface area contributed by atoms with Gasteiger partial charge in [-0.25, -0.2) is 0 Å². The average molecular weight is 1130 g/mol. The fourth-order valence-electron chi connectivity index (χ4n) is 11.2. The van der Waals surface area contributed by atoms with Gasteiger partial charge in [-0.2, -0.15) is 0 Å². The molecule has 0 saturated carbocycles. The second kappa shape index (κ2) is 69.4. The maximum absolute atomic E-state index is 12.9. The molecule has 0 aromatic carbocycles. The Hall–Kier alpha value is -2.11. The van der Waals surface area contributed by atoms with Crippen molar-refractivity contribution in [2.75, 3.05) is 13.2 Å². The average Bonchev–Trinajstić information content (AvgIpc) is 3.46. The molecule has 0 aliphatic heterocycles. The highest BCUT2D eigenvalue weighted by Crippen LogP contribution is 2.19. The van der Waals surface area contributed by atoms with E-state index in [1.165, 1.54) is 302 Å². The summed E-state index contributed by atoms with van der Waals surface area (Å²) in [7, 11) is 0. The second-order valence-electron chi connectivity index (χ2n) is 24.9. The molecule has 0 spiro atoms. The Kier molecular flexibility index (Phi) is 67.6. The third-order valence-electron chi connectivity index (χ3n) is 16.7. The molecule has 6 nitrogen and oxygen atoms in total. The van der Waals surface area contributed by atoms with Gasteiger partial charge in [-0.15, -0.1) is 0 Å². The summed E-state index contributed by atoms with van der Waals surface area (Å²) in [5.74, 6) is -0.842. The van der Waals surface area contributed by atoms with Crippen molar-refractivity contribution >= 4 is 17.9 Å². The molecule has 0 N–H and O–H groups in total. The summed E-state index contributed by atoms with van der Waals surface area (Å²) in [4.78, 5) is 38.5. The van der Waals surface area contributed by atoms with E-state index in [0.29, 0.717) is 19.3 Å². The Labute approximate surface area is 500 Å². The first-order valence-corrected chi connectivity index (χ1v) is 36.3. The predicted molar refractivity (Wildman–Crippen MR) is 349 cm³/mol. The molecule has 0 aliphatic rings. The van der Waals surface area contributed by atoms with Crippen LogP contribution in [0.3, 0.4) is 0 Å². The number of unbranched alkanes of at least 4 members (excludes halogenated alkanes) is 53. The largest absolute Gasteiger partial charge is 0.462 e. The van der Waals surface area contributed by atoms with Crippen molar-refractivity contribution in [3.05, 3.63) is 24.3 Å². The molecule has 0 bridgehead atoms. The van der Waals surface area contributed by atoms with Gasteiger partial charge in [0.2, 0.25) is 0 Å². The first kappa shape index (κ1) is 77.9. The highest BCUT2D eigenvalue weighted by molar-refractivity contribution is 5.71. The van der Waals surface area contributed by atoms with Gasteiger partial charge in [-0.05, 0) is 51.4 Å². The van der Waals surface area contributed by atoms with Gasteiger partial charge in [-0.3, -0.25) is 14.4 Å². The highest BCUT2D eigenvalue weighted by atomic mass is 16.6. The molecule has 0 heterocycles. The van der Waals surface area contributed by atoms with E-state index in [9.17, 15) is 14.4 Å². The van der Waals surface area contributed by atoms with Crippen LogP contribution < -0.4 is 0 Å². The Morgan fingerprint density at radius 3 is 0.700 bits per heavy atom. The fraction of sp³-hybridized carbons (Fsp3) is 0.905. The minimum absolute atomic E-state index is 0.0680. The van der Waals surface area contributed by atoms with Crippen LogP contribution in [0.1, 0.15) is 412 Å². The van der Waals surface area contributed by atoms with Gasteiger partial charge in [0.25, 0.3) is 0 Å². The summed E-state index contributed by atoms with van der Waals surface area (Å²) in [6.07, 6.45) is 85.0. The van der Waals surface area contributed by atoms with E-state index in [-0.39, 0.29) is 31.1 Å². The number of esters is 3. The number of carbonyl (C=O) groups is 3. The summed E-state index contributed by atoms with van der Waals surface area (Å²) in [6, 6.07) is 0. The van der Waals surface area contributed by atoms with Crippen molar-refractivity contribution in [2.45, 2.75) is 419 Å². The molecule has 1 atom stereocenters. The molecular formula is C74H140O6. The third kappa shape index (κ3) is 66.7. The van der Waals surface area contributed by atoms with E-state index in [4.69, 9.17) is 14.2 Å². The van der Waals surface area contributed by atoms with Crippen molar-refractivity contribution in [1.82, 2.24) is 0 Å². The molecule has 0 fully saturated rings. The number of allylic oxidation sites excluding steroid dienone is 4. The minimum Gasteiger partial charge on any atom is -0.462 e. The quantitative estimate of drug-likeness (QED) is 0.0261. The minimum atomic E-state index is -0.773. The Morgan fingerprint density at radius 1 is 0.250 bits per heavy atom. The number of rotatable bonds is 68. The first-order chi connectivity index (χ1) is 39.5. The molecular weight excluding hydrogens is 985 g/mol. The normalized spacial score (nSPS) is 12.1. The Morgan fingerprint density at radius 2 is 0.450 bits per heavy atom.